The van der Waals surface area contributed by atoms with Gasteiger partial charge < -0.3 is 28.7 Å². The van der Waals surface area contributed by atoms with Gasteiger partial charge in [0.05, 0.1) is 0 Å². The molecule has 0 aliphatic heterocycles. The third kappa shape index (κ3) is 4.25. The summed E-state index contributed by atoms with van der Waals surface area (Å²) >= 11 is 0. The second-order valence-electron chi connectivity index (χ2n) is 0.937. The van der Waals surface area contributed by atoms with Gasteiger partial charge in [0, 0.05) is 17.1 Å². The van der Waals surface area contributed by atoms with Crippen molar-refractivity contribution in [1.82, 2.24) is 0 Å². The SMILES string of the molecule is O=P([O-])([O-])P(=O)([O-])[O-].[Mn]. The van der Waals surface area contributed by atoms with E-state index in [1.807, 2.05) is 0 Å². The fraction of sp³-hybridized carbons (Fsp3) is 0. The molecule has 0 bridgehead atoms. The molecule has 9 heteroatoms. The minimum atomic E-state index is -5.91. The van der Waals surface area contributed by atoms with Gasteiger partial charge in [-0.05, 0) is 14.6 Å². The van der Waals surface area contributed by atoms with Gasteiger partial charge in [-0.25, -0.2) is 0 Å². The Morgan fingerprint density at radius 1 is 0.778 bits per heavy atom. The Hall–Kier alpha value is 0.819. The summed E-state index contributed by atoms with van der Waals surface area (Å²) < 4.78 is 18.5. The van der Waals surface area contributed by atoms with Crippen LogP contribution >= 0.6 is 14.6 Å². The smallest absolute Gasteiger partial charge is 0 e. The van der Waals surface area contributed by atoms with Crippen molar-refractivity contribution >= 4 is 14.6 Å². The van der Waals surface area contributed by atoms with Crippen molar-refractivity contribution in [3.63, 3.8) is 0 Å². The van der Waals surface area contributed by atoms with Gasteiger partial charge in [0.25, 0.3) is 0 Å². The van der Waals surface area contributed by atoms with E-state index in [4.69, 9.17) is 0 Å². The van der Waals surface area contributed by atoms with Crippen molar-refractivity contribution in [2.45, 2.75) is 0 Å². The molecule has 9 heavy (non-hydrogen) atoms. The molecule has 6 nitrogen and oxygen atoms in total. The van der Waals surface area contributed by atoms with Crippen LogP contribution in [-0.2, 0) is 26.2 Å². The average molecular weight is 213 g/mol. The van der Waals surface area contributed by atoms with Gasteiger partial charge in [0.2, 0.25) is 0 Å². The van der Waals surface area contributed by atoms with Crippen molar-refractivity contribution < 1.29 is 45.8 Å². The van der Waals surface area contributed by atoms with E-state index in [9.17, 15) is 28.7 Å². The summed E-state index contributed by atoms with van der Waals surface area (Å²) in [5, 5.41) is 0. The van der Waals surface area contributed by atoms with E-state index < -0.39 is 14.6 Å². The minimum absolute atomic E-state index is 0. The first-order valence-electron chi connectivity index (χ1n) is 1.30. The summed E-state index contributed by atoms with van der Waals surface area (Å²) in [7, 11) is -11.8. The zero-order valence-corrected chi connectivity index (χ0v) is 6.69. The molecule has 0 unspecified atom stereocenters. The van der Waals surface area contributed by atoms with Crippen molar-refractivity contribution in [2.24, 2.45) is 0 Å². The molecule has 0 N–H and O–H groups in total. The zero-order chi connectivity index (χ0) is 7.00. The Morgan fingerprint density at radius 2 is 0.889 bits per heavy atom. The van der Waals surface area contributed by atoms with Crippen molar-refractivity contribution in [1.29, 1.82) is 0 Å². The van der Waals surface area contributed by atoms with E-state index in [1.165, 1.54) is 0 Å². The molecule has 57 valence electrons. The van der Waals surface area contributed by atoms with E-state index in [1.54, 1.807) is 0 Å². The van der Waals surface area contributed by atoms with Gasteiger partial charge in [0.1, 0.15) is 0 Å². The quantitative estimate of drug-likeness (QED) is 0.332. The molecule has 0 amide bonds. The molecular weight excluding hydrogens is 213 g/mol. The Balaban J connectivity index is 0. The third-order valence-electron chi connectivity index (χ3n) is 0.300. The maximum Gasteiger partial charge on any atom is 0 e. The predicted molar refractivity (Wildman–Crippen MR) is 15.2 cm³/mol. The average Bonchev–Trinajstić information content (AvgIpc) is 1.25. The van der Waals surface area contributed by atoms with Crippen LogP contribution in [0.3, 0.4) is 0 Å². The molecule has 0 aliphatic carbocycles. The Bertz CT molecular complexity index is 140. The van der Waals surface area contributed by atoms with Crippen molar-refractivity contribution in [3.8, 4) is 0 Å². The van der Waals surface area contributed by atoms with Gasteiger partial charge >= 0.3 is 0 Å². The van der Waals surface area contributed by atoms with E-state index in [0.29, 0.717) is 0 Å². The molecular formula is MnO6P2-4. The molecule has 0 rings (SSSR count). The van der Waals surface area contributed by atoms with Crippen LogP contribution in [0.15, 0.2) is 0 Å². The van der Waals surface area contributed by atoms with E-state index in [2.05, 4.69) is 0 Å². The molecule has 0 atom stereocenters. The van der Waals surface area contributed by atoms with Crippen LogP contribution in [0, 0.1) is 0 Å². The normalized spacial score (nSPS) is 12.4. The minimum Gasteiger partial charge on any atom is -0.807 e. The van der Waals surface area contributed by atoms with Gasteiger partial charge in [-0.3, -0.25) is 0 Å². The predicted octanol–water partition coefficient (Wildman–Crippen LogP) is -3.27. The Morgan fingerprint density at radius 3 is 0.889 bits per heavy atom. The molecule has 0 spiro atoms. The maximum atomic E-state index is 9.24. The zero-order valence-electron chi connectivity index (χ0n) is 3.72. The van der Waals surface area contributed by atoms with Crippen LogP contribution in [0.4, 0.5) is 0 Å². The van der Waals surface area contributed by atoms with Gasteiger partial charge in [-0.15, -0.1) is 0 Å². The van der Waals surface area contributed by atoms with E-state index in [0.717, 1.165) is 0 Å². The molecule has 0 aliphatic rings. The second kappa shape index (κ2) is 3.28. The molecule has 0 aromatic heterocycles. The molecule has 0 fully saturated rings. The van der Waals surface area contributed by atoms with Crippen LogP contribution in [0.1, 0.15) is 0 Å². The first kappa shape index (κ1) is 12.5. The van der Waals surface area contributed by atoms with Crippen LogP contribution in [-0.4, -0.2) is 0 Å². The molecule has 0 saturated heterocycles. The fourth-order valence-corrected chi connectivity index (χ4v) is 0. The summed E-state index contributed by atoms with van der Waals surface area (Å²) in [6.45, 7) is 0. The van der Waals surface area contributed by atoms with Gasteiger partial charge in [-0.1, -0.05) is 0 Å². The van der Waals surface area contributed by atoms with Crippen LogP contribution in [0.2, 0.25) is 0 Å². The number of rotatable bonds is 1. The molecule has 0 heterocycles. The van der Waals surface area contributed by atoms with Crippen molar-refractivity contribution in [3.05, 3.63) is 0 Å². The third-order valence-corrected chi connectivity index (χ3v) is 2.70. The molecule has 0 saturated carbocycles. The fourth-order valence-electron chi connectivity index (χ4n) is 0. The monoisotopic (exact) mass is 213 g/mol. The number of hydrogen-bond donors (Lipinski definition) is 0. The first-order chi connectivity index (χ1) is 3.25. The van der Waals surface area contributed by atoms with Crippen LogP contribution in [0.5, 0.6) is 0 Å². The summed E-state index contributed by atoms with van der Waals surface area (Å²) in [6, 6.07) is 0. The molecule has 1 radical (unpaired) electrons. The van der Waals surface area contributed by atoms with Gasteiger partial charge in [0.15, 0.2) is 0 Å². The topological polar surface area (TPSA) is 126 Å². The largest absolute Gasteiger partial charge is 0.807 e. The first-order valence-corrected chi connectivity index (χ1v) is 5.09. The van der Waals surface area contributed by atoms with Crippen LogP contribution < -0.4 is 19.6 Å². The standard InChI is InChI=1S/Mn.H4O6P2/c;1-7(2,3)8(4,5)6/h;(H2,1,2,3)(H2,4,5,6)/p-4. The summed E-state index contributed by atoms with van der Waals surface area (Å²) in [5.41, 5.74) is 0. The Kier molecular flexibility index (Phi) is 4.55. The summed E-state index contributed by atoms with van der Waals surface area (Å²) in [6.07, 6.45) is 0. The van der Waals surface area contributed by atoms with Crippen molar-refractivity contribution in [2.75, 3.05) is 0 Å². The van der Waals surface area contributed by atoms with E-state index in [-0.39, 0.29) is 17.1 Å². The second-order valence-corrected chi connectivity index (χ2v) is 5.75. The number of hydrogen-bond acceptors (Lipinski definition) is 6. The summed E-state index contributed by atoms with van der Waals surface area (Å²) in [4.78, 5) is 36.9. The summed E-state index contributed by atoms with van der Waals surface area (Å²) in [5.74, 6) is 0. The van der Waals surface area contributed by atoms with Gasteiger partial charge in [-0.2, -0.15) is 0 Å². The van der Waals surface area contributed by atoms with Crippen LogP contribution in [0.25, 0.3) is 0 Å². The Labute approximate surface area is 61.0 Å². The van der Waals surface area contributed by atoms with E-state index >= 15 is 0 Å². The molecule has 0 aromatic rings. The maximum absolute atomic E-state index is 9.24. The molecule has 0 aromatic carbocycles.